The molecule has 0 spiro atoms. The number of allylic oxidation sites excluding steroid dienone is 1. The predicted octanol–water partition coefficient (Wildman–Crippen LogP) is 7.65. The summed E-state index contributed by atoms with van der Waals surface area (Å²) in [4.78, 5) is 15.9. The molecule has 0 aromatic heterocycles. The van der Waals surface area contributed by atoms with Crippen LogP contribution < -0.4 is 9.47 Å². The number of ether oxygens (including phenoxy) is 2. The summed E-state index contributed by atoms with van der Waals surface area (Å²) in [5.74, 6) is 2.03. The normalized spacial score (nSPS) is 14.9. The second kappa shape index (κ2) is 11.7. The van der Waals surface area contributed by atoms with Gasteiger partial charge in [-0.05, 0) is 97.7 Å². The highest BCUT2D eigenvalue weighted by Gasteiger charge is 2.21. The van der Waals surface area contributed by atoms with Gasteiger partial charge in [0.1, 0.15) is 17.7 Å². The van der Waals surface area contributed by atoms with Gasteiger partial charge in [-0.2, -0.15) is 0 Å². The number of rotatable bonds is 7. The average molecular weight is 522 g/mol. The highest BCUT2D eigenvalue weighted by atomic mass is 32.2. The third-order valence-corrected chi connectivity index (χ3v) is 7.74. The second-order valence-electron chi connectivity index (χ2n) is 9.43. The molecule has 0 radical (unpaired) electrons. The van der Waals surface area contributed by atoms with Crippen molar-refractivity contribution in [2.45, 2.75) is 24.5 Å². The van der Waals surface area contributed by atoms with Crippen molar-refractivity contribution >= 4 is 28.9 Å². The quantitative estimate of drug-likeness (QED) is 0.142. The fourth-order valence-electron chi connectivity index (χ4n) is 4.45. The number of benzene rings is 4. The van der Waals surface area contributed by atoms with Gasteiger partial charge >= 0.3 is 5.97 Å². The van der Waals surface area contributed by atoms with Gasteiger partial charge in [0.05, 0.1) is 5.56 Å². The van der Waals surface area contributed by atoms with Gasteiger partial charge in [0, 0.05) is 10.6 Å². The van der Waals surface area contributed by atoms with Crippen LogP contribution in [0.4, 0.5) is 0 Å². The van der Waals surface area contributed by atoms with Crippen molar-refractivity contribution in [3.05, 3.63) is 125 Å². The summed E-state index contributed by atoms with van der Waals surface area (Å²) < 4.78 is 11.7. The van der Waals surface area contributed by atoms with E-state index in [-0.39, 0.29) is 12.2 Å². The lowest BCUT2D eigenvalue weighted by Crippen LogP contribution is -2.30. The van der Waals surface area contributed by atoms with Crippen molar-refractivity contribution in [3.63, 3.8) is 0 Å². The SMILES string of the molecule is CC(Oc1ccc(C(=C2CCSc3ccccc32)c2ccc(OC(=O)c3ccccc3)cc2)cc1)N(C)C. The summed E-state index contributed by atoms with van der Waals surface area (Å²) in [5.41, 5.74) is 6.52. The van der Waals surface area contributed by atoms with Gasteiger partial charge in [-0.25, -0.2) is 4.79 Å². The number of esters is 1. The van der Waals surface area contributed by atoms with Gasteiger partial charge in [-0.1, -0.05) is 60.7 Å². The molecule has 1 aliphatic heterocycles. The first-order valence-corrected chi connectivity index (χ1v) is 13.7. The van der Waals surface area contributed by atoms with Crippen LogP contribution in [0.1, 0.15) is 40.4 Å². The van der Waals surface area contributed by atoms with Crippen molar-refractivity contribution < 1.29 is 14.3 Å². The molecule has 1 atom stereocenters. The molecule has 192 valence electrons. The zero-order valence-electron chi connectivity index (χ0n) is 21.9. The molecule has 0 fully saturated rings. The molecule has 0 amide bonds. The molecule has 5 heteroatoms. The Morgan fingerprint density at radius 2 is 1.37 bits per heavy atom. The standard InChI is InChI=1S/C33H31NO3S/c1-23(34(2)3)36-27-17-13-24(14-18-27)32(30-21-22-38-31-12-8-7-11-29(30)31)25-15-19-28(20-16-25)37-33(35)26-9-5-4-6-10-26/h4-20,23H,21-22H2,1-3H3. The van der Waals surface area contributed by atoms with E-state index in [1.54, 1.807) is 12.1 Å². The Kier molecular flexibility index (Phi) is 7.97. The molecule has 1 aliphatic rings. The smallest absolute Gasteiger partial charge is 0.343 e. The van der Waals surface area contributed by atoms with Gasteiger partial charge in [0.15, 0.2) is 0 Å². The zero-order valence-corrected chi connectivity index (χ0v) is 22.7. The van der Waals surface area contributed by atoms with Crippen LogP contribution in [0.25, 0.3) is 11.1 Å². The molecule has 38 heavy (non-hydrogen) atoms. The summed E-state index contributed by atoms with van der Waals surface area (Å²) in [6, 6.07) is 33.8. The van der Waals surface area contributed by atoms with Crippen molar-refractivity contribution in [1.29, 1.82) is 0 Å². The molecule has 5 rings (SSSR count). The van der Waals surface area contributed by atoms with Crippen LogP contribution in [-0.4, -0.2) is 36.9 Å². The number of hydrogen-bond donors (Lipinski definition) is 0. The van der Waals surface area contributed by atoms with E-state index in [0.717, 1.165) is 29.1 Å². The minimum absolute atomic E-state index is 0.0212. The molecule has 4 nitrogen and oxygen atoms in total. The van der Waals surface area contributed by atoms with Gasteiger partial charge in [-0.3, -0.25) is 4.90 Å². The van der Waals surface area contributed by atoms with Crippen LogP contribution in [0.3, 0.4) is 0 Å². The van der Waals surface area contributed by atoms with Gasteiger partial charge < -0.3 is 9.47 Å². The van der Waals surface area contributed by atoms with E-state index in [9.17, 15) is 4.79 Å². The van der Waals surface area contributed by atoms with Crippen LogP contribution in [0.15, 0.2) is 108 Å². The molecule has 4 aromatic carbocycles. The molecular formula is C33H31NO3S. The van der Waals surface area contributed by atoms with E-state index in [0.29, 0.717) is 11.3 Å². The molecule has 0 bridgehead atoms. The van der Waals surface area contributed by atoms with E-state index >= 15 is 0 Å². The van der Waals surface area contributed by atoms with Crippen LogP contribution in [0.5, 0.6) is 11.5 Å². The lowest BCUT2D eigenvalue weighted by molar-refractivity contribution is 0.0734. The van der Waals surface area contributed by atoms with E-state index < -0.39 is 0 Å². The van der Waals surface area contributed by atoms with Gasteiger partial charge in [0.25, 0.3) is 0 Å². The number of carbonyl (C=O) groups is 1. The Hall–Kier alpha value is -3.80. The number of thioether (sulfide) groups is 1. The number of hydrogen-bond acceptors (Lipinski definition) is 5. The van der Waals surface area contributed by atoms with Gasteiger partial charge in [-0.15, -0.1) is 11.8 Å². The van der Waals surface area contributed by atoms with Gasteiger partial charge in [0.2, 0.25) is 0 Å². The number of fused-ring (bicyclic) bond motifs is 1. The lowest BCUT2D eigenvalue weighted by Gasteiger charge is -2.24. The van der Waals surface area contributed by atoms with Crippen LogP contribution in [0.2, 0.25) is 0 Å². The minimum Gasteiger partial charge on any atom is -0.475 e. The zero-order chi connectivity index (χ0) is 26.5. The highest BCUT2D eigenvalue weighted by molar-refractivity contribution is 7.99. The molecule has 4 aromatic rings. The first-order chi connectivity index (χ1) is 18.5. The van der Waals surface area contributed by atoms with Crippen molar-refractivity contribution in [2.24, 2.45) is 0 Å². The minimum atomic E-state index is -0.363. The predicted molar refractivity (Wildman–Crippen MR) is 156 cm³/mol. The molecule has 1 heterocycles. The van der Waals surface area contributed by atoms with Crippen LogP contribution in [0, 0.1) is 0 Å². The molecular weight excluding hydrogens is 490 g/mol. The Balaban J connectivity index is 1.51. The Bertz CT molecular complexity index is 1430. The number of carbonyl (C=O) groups excluding carboxylic acids is 1. The molecule has 0 saturated heterocycles. The summed E-state index contributed by atoms with van der Waals surface area (Å²) in [7, 11) is 4.00. The fourth-order valence-corrected chi connectivity index (χ4v) is 5.49. The largest absolute Gasteiger partial charge is 0.475 e. The van der Waals surface area contributed by atoms with E-state index in [1.165, 1.54) is 21.6 Å². The topological polar surface area (TPSA) is 38.8 Å². The fraction of sp³-hybridized carbons (Fsp3) is 0.182. The maximum atomic E-state index is 12.5. The molecule has 0 aliphatic carbocycles. The van der Waals surface area contributed by atoms with E-state index in [1.807, 2.05) is 92.3 Å². The van der Waals surface area contributed by atoms with Crippen molar-refractivity contribution in [1.82, 2.24) is 4.90 Å². The van der Waals surface area contributed by atoms with E-state index in [2.05, 4.69) is 36.4 Å². The maximum absolute atomic E-state index is 12.5. The monoisotopic (exact) mass is 521 g/mol. The van der Waals surface area contributed by atoms with Crippen LogP contribution in [-0.2, 0) is 0 Å². The highest BCUT2D eigenvalue weighted by Crippen LogP contribution is 2.43. The summed E-state index contributed by atoms with van der Waals surface area (Å²) in [5, 5.41) is 0. The Labute approximate surface area is 228 Å². The third kappa shape index (κ3) is 5.85. The van der Waals surface area contributed by atoms with Crippen molar-refractivity contribution in [3.8, 4) is 11.5 Å². The Morgan fingerprint density at radius 3 is 2.03 bits per heavy atom. The summed E-state index contributed by atoms with van der Waals surface area (Å²) in [6.07, 6.45) is 0.949. The van der Waals surface area contributed by atoms with Crippen LogP contribution >= 0.6 is 11.8 Å². The van der Waals surface area contributed by atoms with Crippen molar-refractivity contribution in [2.75, 3.05) is 19.8 Å². The molecule has 1 unspecified atom stereocenters. The second-order valence-corrected chi connectivity index (χ2v) is 10.6. The summed E-state index contributed by atoms with van der Waals surface area (Å²) in [6.45, 7) is 2.03. The Morgan fingerprint density at radius 1 is 0.763 bits per heavy atom. The summed E-state index contributed by atoms with van der Waals surface area (Å²) >= 11 is 1.90. The maximum Gasteiger partial charge on any atom is 0.343 e. The first-order valence-electron chi connectivity index (χ1n) is 12.8. The number of nitrogens with zero attached hydrogens (tertiary/aromatic N) is 1. The molecule has 0 saturated carbocycles. The molecule has 0 N–H and O–H groups in total. The average Bonchev–Trinajstić information content (AvgIpc) is 2.95. The lowest BCUT2D eigenvalue weighted by atomic mass is 9.88. The first kappa shape index (κ1) is 25.8. The third-order valence-electron chi connectivity index (χ3n) is 6.66. The van der Waals surface area contributed by atoms with E-state index in [4.69, 9.17) is 9.47 Å².